The van der Waals surface area contributed by atoms with E-state index in [2.05, 4.69) is 26.2 Å². The molecule has 0 aliphatic heterocycles. The molecule has 3 aromatic rings. The van der Waals surface area contributed by atoms with Gasteiger partial charge >= 0.3 is 0 Å². The fourth-order valence-corrected chi connectivity index (χ4v) is 3.66. The predicted octanol–water partition coefficient (Wildman–Crippen LogP) is 6.11. The van der Waals surface area contributed by atoms with Gasteiger partial charge in [0, 0.05) is 26.4 Å². The van der Waals surface area contributed by atoms with Crippen molar-refractivity contribution < 1.29 is 4.79 Å². The number of hydrogen-bond acceptors (Lipinski definition) is 3. The summed E-state index contributed by atoms with van der Waals surface area (Å²) < 4.78 is 1.03. The largest absolute Gasteiger partial charge is 0.302 e. The van der Waals surface area contributed by atoms with Crippen molar-refractivity contribution in [1.82, 2.24) is 4.98 Å². The lowest BCUT2D eigenvalue weighted by atomic mass is 10.1. The lowest BCUT2D eigenvalue weighted by molar-refractivity contribution is -0.116. The number of aryl methyl sites for hydroxylation is 2. The predicted molar refractivity (Wildman–Crippen MR) is 108 cm³/mol. The summed E-state index contributed by atoms with van der Waals surface area (Å²) in [6, 6.07) is 15.5. The Balaban J connectivity index is 1.62. The summed E-state index contributed by atoms with van der Waals surface area (Å²) in [4.78, 5) is 17.8. The highest BCUT2D eigenvalue weighted by Crippen LogP contribution is 2.31. The van der Waals surface area contributed by atoms with Gasteiger partial charge in [0.2, 0.25) is 5.91 Å². The molecular weight excluding hydrogens is 420 g/mol. The van der Waals surface area contributed by atoms with Crippen molar-refractivity contribution in [1.29, 1.82) is 0 Å². The van der Waals surface area contributed by atoms with Crippen molar-refractivity contribution in [3.63, 3.8) is 0 Å². The van der Waals surface area contributed by atoms with E-state index in [9.17, 15) is 4.79 Å². The maximum absolute atomic E-state index is 12.2. The van der Waals surface area contributed by atoms with Gasteiger partial charge in [0.15, 0.2) is 5.13 Å². The van der Waals surface area contributed by atoms with Gasteiger partial charge in [-0.15, -0.1) is 11.3 Å². The number of carbonyl (C=O) groups excluding carboxylic acids is 1. The highest BCUT2D eigenvalue weighted by Gasteiger charge is 2.12. The molecular formula is C19H16BrClN2OS. The molecule has 128 valence electrons. The number of amides is 1. The number of aromatic nitrogens is 1. The van der Waals surface area contributed by atoms with Gasteiger partial charge in [-0.1, -0.05) is 51.8 Å². The first kappa shape index (κ1) is 18.1. The SMILES string of the molecule is Cc1sc(NC(=O)CCc2ccc(Cl)cc2)nc1-c1ccc(Br)cc1. The molecule has 0 saturated carbocycles. The van der Waals surface area contributed by atoms with E-state index >= 15 is 0 Å². The molecule has 0 spiro atoms. The number of nitrogens with one attached hydrogen (secondary N) is 1. The molecule has 1 aromatic heterocycles. The minimum atomic E-state index is -0.0361. The van der Waals surface area contributed by atoms with Gasteiger partial charge in [-0.05, 0) is 43.2 Å². The topological polar surface area (TPSA) is 42.0 Å². The third-order valence-electron chi connectivity index (χ3n) is 3.71. The van der Waals surface area contributed by atoms with Crippen LogP contribution in [-0.4, -0.2) is 10.9 Å². The summed E-state index contributed by atoms with van der Waals surface area (Å²) >= 11 is 10.8. The molecule has 0 saturated heterocycles. The molecule has 0 fully saturated rings. The summed E-state index contributed by atoms with van der Waals surface area (Å²) in [6.07, 6.45) is 1.08. The van der Waals surface area contributed by atoms with Crippen LogP contribution in [0.25, 0.3) is 11.3 Å². The average Bonchev–Trinajstić information content (AvgIpc) is 2.95. The molecule has 3 rings (SSSR count). The number of thiazole rings is 1. The molecule has 0 atom stereocenters. The van der Waals surface area contributed by atoms with Crippen molar-refractivity contribution in [2.24, 2.45) is 0 Å². The fraction of sp³-hybridized carbons (Fsp3) is 0.158. The Hall–Kier alpha value is -1.69. The molecule has 0 bridgehead atoms. The second-order valence-electron chi connectivity index (χ2n) is 5.61. The number of rotatable bonds is 5. The monoisotopic (exact) mass is 434 g/mol. The Kier molecular flexibility index (Phi) is 5.89. The number of hydrogen-bond donors (Lipinski definition) is 1. The van der Waals surface area contributed by atoms with E-state index < -0.39 is 0 Å². The zero-order valence-corrected chi connectivity index (χ0v) is 16.7. The number of nitrogens with zero attached hydrogens (tertiary/aromatic N) is 1. The van der Waals surface area contributed by atoms with Gasteiger partial charge in [0.05, 0.1) is 5.69 Å². The van der Waals surface area contributed by atoms with Gasteiger partial charge in [-0.3, -0.25) is 4.79 Å². The van der Waals surface area contributed by atoms with Crippen molar-refractivity contribution >= 4 is 49.9 Å². The third kappa shape index (κ3) is 4.91. The van der Waals surface area contributed by atoms with E-state index in [0.717, 1.165) is 26.2 Å². The van der Waals surface area contributed by atoms with Crippen LogP contribution < -0.4 is 5.32 Å². The number of benzene rings is 2. The van der Waals surface area contributed by atoms with Gasteiger partial charge in [0.1, 0.15) is 0 Å². The standard InChI is InChI=1S/C19H16BrClN2OS/c1-12-18(14-5-7-15(20)8-6-14)23-19(25-12)22-17(24)11-4-13-2-9-16(21)10-3-13/h2-3,5-10H,4,11H2,1H3,(H,22,23,24). The van der Waals surface area contributed by atoms with Gasteiger partial charge < -0.3 is 5.32 Å². The molecule has 0 unspecified atom stereocenters. The summed E-state index contributed by atoms with van der Waals surface area (Å²) in [7, 11) is 0. The molecule has 1 heterocycles. The molecule has 1 amide bonds. The van der Waals surface area contributed by atoms with E-state index in [4.69, 9.17) is 11.6 Å². The van der Waals surface area contributed by atoms with E-state index in [1.165, 1.54) is 11.3 Å². The van der Waals surface area contributed by atoms with E-state index in [0.29, 0.717) is 23.0 Å². The molecule has 0 aliphatic rings. The zero-order valence-electron chi connectivity index (χ0n) is 13.6. The Morgan fingerprint density at radius 2 is 1.84 bits per heavy atom. The van der Waals surface area contributed by atoms with Crippen LogP contribution in [0.3, 0.4) is 0 Å². The van der Waals surface area contributed by atoms with Crippen molar-refractivity contribution in [2.45, 2.75) is 19.8 Å². The van der Waals surface area contributed by atoms with Gasteiger partial charge in [0.25, 0.3) is 0 Å². The van der Waals surface area contributed by atoms with Gasteiger partial charge in [-0.25, -0.2) is 4.98 Å². The third-order valence-corrected chi connectivity index (χ3v) is 5.38. The average molecular weight is 436 g/mol. The Bertz CT molecular complexity index is 875. The lowest BCUT2D eigenvalue weighted by Gasteiger charge is -2.02. The normalized spacial score (nSPS) is 10.7. The van der Waals surface area contributed by atoms with Crippen LogP contribution in [0.1, 0.15) is 16.9 Å². The smallest absolute Gasteiger partial charge is 0.226 e. The van der Waals surface area contributed by atoms with Crippen LogP contribution in [0.5, 0.6) is 0 Å². The Morgan fingerprint density at radius 3 is 2.52 bits per heavy atom. The van der Waals surface area contributed by atoms with Crippen LogP contribution >= 0.6 is 38.9 Å². The Morgan fingerprint density at radius 1 is 1.16 bits per heavy atom. The molecule has 2 aromatic carbocycles. The summed E-state index contributed by atoms with van der Waals surface area (Å²) in [5.74, 6) is -0.0361. The van der Waals surface area contributed by atoms with Crippen LogP contribution in [0.15, 0.2) is 53.0 Å². The molecule has 3 nitrogen and oxygen atoms in total. The molecule has 25 heavy (non-hydrogen) atoms. The number of anilines is 1. The van der Waals surface area contributed by atoms with Crippen LogP contribution in [0, 0.1) is 6.92 Å². The summed E-state index contributed by atoms with van der Waals surface area (Å²) in [5.41, 5.74) is 3.04. The molecule has 0 aliphatic carbocycles. The van der Waals surface area contributed by atoms with E-state index in [1.54, 1.807) is 0 Å². The van der Waals surface area contributed by atoms with E-state index in [1.807, 2.05) is 55.5 Å². The van der Waals surface area contributed by atoms with E-state index in [-0.39, 0.29) is 5.91 Å². The molecule has 1 N–H and O–H groups in total. The minimum Gasteiger partial charge on any atom is -0.302 e. The van der Waals surface area contributed by atoms with Crippen LogP contribution in [-0.2, 0) is 11.2 Å². The van der Waals surface area contributed by atoms with Crippen LogP contribution in [0.2, 0.25) is 5.02 Å². The quantitative estimate of drug-likeness (QED) is 0.525. The van der Waals surface area contributed by atoms with Crippen molar-refractivity contribution in [2.75, 3.05) is 5.32 Å². The lowest BCUT2D eigenvalue weighted by Crippen LogP contribution is -2.12. The number of carbonyl (C=O) groups is 1. The minimum absolute atomic E-state index is 0.0361. The second kappa shape index (κ2) is 8.13. The maximum Gasteiger partial charge on any atom is 0.226 e. The fourth-order valence-electron chi connectivity index (χ4n) is 2.42. The first-order valence-corrected chi connectivity index (χ1v) is 9.77. The van der Waals surface area contributed by atoms with Crippen LogP contribution in [0.4, 0.5) is 5.13 Å². The molecule has 6 heteroatoms. The second-order valence-corrected chi connectivity index (χ2v) is 8.16. The van der Waals surface area contributed by atoms with Gasteiger partial charge in [-0.2, -0.15) is 0 Å². The highest BCUT2D eigenvalue weighted by molar-refractivity contribution is 9.10. The van der Waals surface area contributed by atoms with Crippen molar-refractivity contribution in [3.8, 4) is 11.3 Å². The summed E-state index contributed by atoms with van der Waals surface area (Å²) in [6.45, 7) is 2.01. The first-order valence-electron chi connectivity index (χ1n) is 7.79. The summed E-state index contributed by atoms with van der Waals surface area (Å²) in [5, 5.41) is 4.24. The van der Waals surface area contributed by atoms with Crippen molar-refractivity contribution in [3.05, 3.63) is 68.5 Å². The molecule has 0 radical (unpaired) electrons. The Labute approximate surface area is 164 Å². The maximum atomic E-state index is 12.2. The zero-order chi connectivity index (χ0) is 17.8. The first-order chi connectivity index (χ1) is 12.0. The highest BCUT2D eigenvalue weighted by atomic mass is 79.9. The number of halogens is 2.